The van der Waals surface area contributed by atoms with E-state index in [1.165, 1.54) is 44.6 Å². The number of hydroxylamine groups is 1. The molecule has 1 aromatic rings. The molecule has 3 rings (SSSR count). The zero-order chi connectivity index (χ0) is 17.1. The Bertz CT molecular complexity index is 548. The minimum Gasteiger partial charge on any atom is -0.506 e. The van der Waals surface area contributed by atoms with E-state index in [0.717, 1.165) is 30.6 Å². The van der Waals surface area contributed by atoms with Crippen LogP contribution in [0.25, 0.3) is 0 Å². The van der Waals surface area contributed by atoms with Gasteiger partial charge in [0.1, 0.15) is 17.1 Å². The number of aromatic hydroxyl groups is 1. The number of phenols is 1. The minimum absolute atomic E-state index is 0.0119. The van der Waals surface area contributed by atoms with Gasteiger partial charge in [-0.2, -0.15) is 5.48 Å². The summed E-state index contributed by atoms with van der Waals surface area (Å²) in [5, 5.41) is 9.53. The lowest BCUT2D eigenvalue weighted by Gasteiger charge is -2.37. The highest BCUT2D eigenvalue weighted by Crippen LogP contribution is 2.40. The van der Waals surface area contributed by atoms with Crippen LogP contribution in [0.3, 0.4) is 0 Å². The summed E-state index contributed by atoms with van der Waals surface area (Å²) in [6.45, 7) is 2.39. The van der Waals surface area contributed by atoms with Crippen LogP contribution in [-0.2, 0) is 0 Å². The van der Waals surface area contributed by atoms with Gasteiger partial charge < -0.3 is 21.4 Å². The largest absolute Gasteiger partial charge is 0.506 e. The molecule has 0 spiro atoms. The van der Waals surface area contributed by atoms with Crippen LogP contribution < -0.4 is 21.8 Å². The Morgan fingerprint density at radius 2 is 1.50 bits per heavy atom. The summed E-state index contributed by atoms with van der Waals surface area (Å²) in [6.07, 6.45) is 10.5. The van der Waals surface area contributed by atoms with Crippen molar-refractivity contribution in [3.8, 4) is 11.5 Å². The number of hydrogen-bond donors (Lipinski definition) is 4. The van der Waals surface area contributed by atoms with Gasteiger partial charge in [-0.05, 0) is 68.4 Å². The number of phenolic OH excluding ortho intramolecular Hbond substituents is 1. The predicted molar refractivity (Wildman–Crippen MR) is 97.6 cm³/mol. The highest BCUT2D eigenvalue weighted by molar-refractivity contribution is 5.76. The summed E-state index contributed by atoms with van der Waals surface area (Å²) >= 11 is 0. The summed E-state index contributed by atoms with van der Waals surface area (Å²) in [6, 6.07) is 3.50. The van der Waals surface area contributed by atoms with Gasteiger partial charge in [-0.3, -0.25) is 0 Å². The van der Waals surface area contributed by atoms with Crippen LogP contribution in [0, 0.1) is 17.8 Å². The molecule has 6 N–H and O–H groups in total. The maximum atomic E-state index is 9.53. The summed E-state index contributed by atoms with van der Waals surface area (Å²) < 4.78 is 0. The summed E-state index contributed by atoms with van der Waals surface area (Å²) in [5.41, 5.74) is 15.2. The number of nitrogens with one attached hydrogen (secondary N) is 1. The average Bonchev–Trinajstić information content (AvgIpc) is 2.60. The Morgan fingerprint density at radius 1 is 0.917 bits per heavy atom. The van der Waals surface area contributed by atoms with E-state index in [9.17, 15) is 5.11 Å². The zero-order valence-electron chi connectivity index (χ0n) is 14.6. The monoisotopic (exact) mass is 333 g/mol. The Kier molecular flexibility index (Phi) is 5.39. The van der Waals surface area contributed by atoms with Gasteiger partial charge in [0.25, 0.3) is 0 Å². The smallest absolute Gasteiger partial charge is 0.172 e. The number of nitrogens with two attached hydrogens (primary N) is 2. The lowest BCUT2D eigenvalue weighted by molar-refractivity contribution is 0.0980. The summed E-state index contributed by atoms with van der Waals surface area (Å²) in [5.74, 6) is 3.23. The molecule has 2 fully saturated rings. The minimum atomic E-state index is -0.0119. The second-order valence-corrected chi connectivity index (χ2v) is 7.76. The van der Waals surface area contributed by atoms with E-state index in [1.807, 2.05) is 0 Å². The van der Waals surface area contributed by atoms with Gasteiger partial charge in [-0.25, -0.2) is 0 Å². The van der Waals surface area contributed by atoms with Gasteiger partial charge in [-0.15, -0.1) is 0 Å². The van der Waals surface area contributed by atoms with Crippen LogP contribution in [0.15, 0.2) is 12.1 Å². The van der Waals surface area contributed by atoms with E-state index in [4.69, 9.17) is 16.3 Å². The molecule has 134 valence electrons. The molecule has 0 bridgehead atoms. The van der Waals surface area contributed by atoms with E-state index in [-0.39, 0.29) is 17.1 Å². The Labute approximate surface area is 144 Å². The third-order valence-electron chi connectivity index (χ3n) is 6.06. The second-order valence-electron chi connectivity index (χ2n) is 7.76. The first kappa shape index (κ1) is 17.2. The van der Waals surface area contributed by atoms with Crippen LogP contribution >= 0.6 is 0 Å². The maximum Gasteiger partial charge on any atom is 0.172 e. The normalized spacial score (nSPS) is 30.9. The molecule has 0 aliphatic heterocycles. The molecule has 0 aromatic heterocycles. The number of benzene rings is 1. The molecule has 2 aliphatic carbocycles. The van der Waals surface area contributed by atoms with Gasteiger partial charge in [0.15, 0.2) is 5.75 Å². The van der Waals surface area contributed by atoms with Crippen molar-refractivity contribution in [3.63, 3.8) is 0 Å². The molecule has 0 atom stereocenters. The third-order valence-corrected chi connectivity index (χ3v) is 6.06. The average molecular weight is 333 g/mol. The number of anilines is 2. The molecule has 0 saturated heterocycles. The van der Waals surface area contributed by atoms with Crippen molar-refractivity contribution >= 4 is 11.4 Å². The SMILES string of the molecule is CC1CCC(C2CCC(NOc3ccc(O)c(N)c3N)CC2)CC1. The molecular formula is C19H31N3O2. The lowest BCUT2D eigenvalue weighted by Crippen LogP contribution is -2.37. The van der Waals surface area contributed by atoms with Crippen LogP contribution in [0.2, 0.25) is 0 Å². The molecular weight excluding hydrogens is 302 g/mol. The predicted octanol–water partition coefficient (Wildman–Crippen LogP) is 3.83. The van der Waals surface area contributed by atoms with Gasteiger partial charge in [0.05, 0.1) is 0 Å². The highest BCUT2D eigenvalue weighted by Gasteiger charge is 2.30. The van der Waals surface area contributed by atoms with E-state index in [1.54, 1.807) is 6.07 Å². The van der Waals surface area contributed by atoms with Crippen LogP contribution in [0.5, 0.6) is 11.5 Å². The highest BCUT2D eigenvalue weighted by atomic mass is 16.6. The molecule has 5 heteroatoms. The van der Waals surface area contributed by atoms with Crippen molar-refractivity contribution < 1.29 is 9.94 Å². The Balaban J connectivity index is 1.45. The molecule has 0 radical (unpaired) electrons. The molecule has 0 heterocycles. The lowest BCUT2D eigenvalue weighted by atomic mass is 9.70. The van der Waals surface area contributed by atoms with Crippen LogP contribution in [0.4, 0.5) is 11.4 Å². The molecule has 0 amide bonds. The van der Waals surface area contributed by atoms with Gasteiger partial charge in [0, 0.05) is 6.04 Å². The van der Waals surface area contributed by atoms with Gasteiger partial charge in [0.2, 0.25) is 0 Å². The Hall–Kier alpha value is -1.62. The van der Waals surface area contributed by atoms with E-state index < -0.39 is 0 Å². The molecule has 2 saturated carbocycles. The topological polar surface area (TPSA) is 93.5 Å². The van der Waals surface area contributed by atoms with E-state index >= 15 is 0 Å². The number of hydrogen-bond acceptors (Lipinski definition) is 5. The van der Waals surface area contributed by atoms with E-state index in [0.29, 0.717) is 11.8 Å². The fraction of sp³-hybridized carbons (Fsp3) is 0.684. The summed E-state index contributed by atoms with van der Waals surface area (Å²) in [7, 11) is 0. The first-order valence-electron chi connectivity index (χ1n) is 9.34. The van der Waals surface area contributed by atoms with Crippen LogP contribution in [-0.4, -0.2) is 11.1 Å². The van der Waals surface area contributed by atoms with E-state index in [2.05, 4.69) is 12.4 Å². The standard InChI is InChI=1S/C19H31N3O2/c1-12-2-4-13(5-3-12)14-6-8-15(9-7-14)22-24-17-11-10-16(23)18(20)19(17)21/h10-15,22-23H,2-9,20-21H2,1H3. The molecule has 5 nitrogen and oxygen atoms in total. The second kappa shape index (κ2) is 7.51. The maximum absolute atomic E-state index is 9.53. The van der Waals surface area contributed by atoms with Gasteiger partial charge in [-0.1, -0.05) is 19.8 Å². The first-order chi connectivity index (χ1) is 11.5. The fourth-order valence-electron chi connectivity index (χ4n) is 4.31. The van der Waals surface area contributed by atoms with Gasteiger partial charge >= 0.3 is 0 Å². The number of rotatable bonds is 4. The van der Waals surface area contributed by atoms with Crippen molar-refractivity contribution in [2.75, 3.05) is 11.5 Å². The molecule has 1 aromatic carbocycles. The van der Waals surface area contributed by atoms with Crippen molar-refractivity contribution in [2.45, 2.75) is 64.3 Å². The van der Waals surface area contributed by atoms with Crippen molar-refractivity contribution in [2.24, 2.45) is 17.8 Å². The zero-order valence-corrected chi connectivity index (χ0v) is 14.6. The molecule has 0 unspecified atom stereocenters. The van der Waals surface area contributed by atoms with Crippen LogP contribution in [0.1, 0.15) is 58.3 Å². The first-order valence-corrected chi connectivity index (χ1v) is 9.34. The Morgan fingerprint density at radius 3 is 2.12 bits per heavy atom. The number of nitrogen functional groups attached to an aromatic ring is 2. The van der Waals surface area contributed by atoms with Crippen molar-refractivity contribution in [3.05, 3.63) is 12.1 Å². The summed E-state index contributed by atoms with van der Waals surface area (Å²) in [4.78, 5) is 5.64. The third kappa shape index (κ3) is 3.89. The van der Waals surface area contributed by atoms with Crippen molar-refractivity contribution in [1.82, 2.24) is 5.48 Å². The quantitative estimate of drug-likeness (QED) is 0.382. The fourth-order valence-corrected chi connectivity index (χ4v) is 4.31. The molecule has 2 aliphatic rings. The van der Waals surface area contributed by atoms with Crippen molar-refractivity contribution in [1.29, 1.82) is 0 Å². The molecule has 24 heavy (non-hydrogen) atoms.